The fraction of sp³-hybridized carbons (Fsp3) is 0.463. The summed E-state index contributed by atoms with van der Waals surface area (Å²) in [5.41, 5.74) is 1.42. The van der Waals surface area contributed by atoms with Gasteiger partial charge < -0.3 is 50.2 Å². The quantitative estimate of drug-likeness (QED) is 0.129. The maximum absolute atomic E-state index is 14.1. The van der Waals surface area contributed by atoms with Gasteiger partial charge in [-0.2, -0.15) is 0 Å². The second kappa shape index (κ2) is 18.1. The molecule has 3 aliphatic rings. The number of aromatic hydroxyl groups is 1. The van der Waals surface area contributed by atoms with Gasteiger partial charge in [0.05, 0.1) is 57.2 Å². The Morgan fingerprint density at radius 3 is 2.13 bits per heavy atom. The van der Waals surface area contributed by atoms with Crippen LogP contribution in [0.4, 0.5) is 5.69 Å². The van der Waals surface area contributed by atoms with Crippen LogP contribution in [0.2, 0.25) is 0 Å². The molecule has 0 atom stereocenters. The van der Waals surface area contributed by atoms with Crippen molar-refractivity contribution in [2.24, 2.45) is 0 Å². The van der Waals surface area contributed by atoms with Crippen molar-refractivity contribution in [2.75, 3.05) is 77.1 Å². The van der Waals surface area contributed by atoms with Crippen LogP contribution < -0.4 is 41.5 Å². The number of piperazine rings is 3. The Morgan fingerprint density at radius 1 is 0.808 bits per heavy atom. The van der Waals surface area contributed by atoms with E-state index in [0.29, 0.717) is 65.9 Å². The van der Waals surface area contributed by atoms with E-state index in [1.54, 1.807) is 30.5 Å². The zero-order chi connectivity index (χ0) is 35.8. The first-order chi connectivity index (χ1) is 24.8. The maximum Gasteiger partial charge on any atom is 0.263 e. The minimum atomic E-state index is -0.460. The molecule has 4 heterocycles. The number of ether oxygens (including phenoxy) is 3. The third kappa shape index (κ3) is 9.11. The molecule has 0 spiro atoms. The molecule has 4 aromatic rings. The summed E-state index contributed by atoms with van der Waals surface area (Å²) in [4.78, 5) is 32.2. The number of benzene rings is 3. The third-order valence-electron chi connectivity index (χ3n) is 10.4. The normalized spacial score (nSPS) is 17.8. The Morgan fingerprint density at radius 2 is 1.48 bits per heavy atom. The lowest BCUT2D eigenvalue weighted by Crippen LogP contribution is -3.00. The number of hydrogen-bond acceptors (Lipinski definition) is 7. The van der Waals surface area contributed by atoms with Crippen molar-refractivity contribution in [3.8, 4) is 28.7 Å². The molecule has 3 aliphatic heterocycles. The van der Waals surface area contributed by atoms with Crippen LogP contribution in [0, 0.1) is 0 Å². The van der Waals surface area contributed by atoms with Crippen molar-refractivity contribution >= 4 is 22.5 Å². The lowest BCUT2D eigenvalue weighted by molar-refractivity contribution is -0.941. The molecule has 7 rings (SSSR count). The van der Waals surface area contributed by atoms with Crippen LogP contribution in [0.1, 0.15) is 63.2 Å². The summed E-state index contributed by atoms with van der Waals surface area (Å²) >= 11 is 0. The highest BCUT2D eigenvalue weighted by Crippen LogP contribution is 2.30. The van der Waals surface area contributed by atoms with Crippen LogP contribution >= 0.6 is 0 Å². The molecule has 2 bridgehead atoms. The molecule has 1 amide bonds. The zero-order valence-corrected chi connectivity index (χ0v) is 32.4. The first kappa shape index (κ1) is 39.2. The summed E-state index contributed by atoms with van der Waals surface area (Å²) in [7, 11) is 0. The van der Waals surface area contributed by atoms with Gasteiger partial charge in [-0.25, -0.2) is 0 Å². The van der Waals surface area contributed by atoms with Gasteiger partial charge in [0.25, 0.3) is 5.91 Å². The number of quaternary nitrogens is 1. The molecule has 0 unspecified atom stereocenters. The van der Waals surface area contributed by atoms with Crippen molar-refractivity contribution in [3.05, 3.63) is 82.6 Å². The van der Waals surface area contributed by atoms with Gasteiger partial charge in [-0.15, -0.1) is 0 Å². The van der Waals surface area contributed by atoms with E-state index in [1.807, 2.05) is 55.7 Å². The highest BCUT2D eigenvalue weighted by atomic mass is 79.9. The number of fused-ring (bicyclic) bond motifs is 4. The second-order valence-electron chi connectivity index (χ2n) is 13.7. The molecule has 11 heteroatoms. The lowest BCUT2D eigenvalue weighted by Gasteiger charge is -2.50. The number of amides is 1. The SMILES string of the molecule is CCOc1cc(OCC)cc(-n2cc(C(=O)N(CC)c3cccc(O)c3)c(=O)c3ccc(OCCCCCCC[N+]45CCN(CC4)CC5)cc32)c1.[Br-]. The molecule has 3 aromatic carbocycles. The number of halogens is 1. The molecule has 1 N–H and O–H groups in total. The van der Waals surface area contributed by atoms with Gasteiger partial charge in [-0.3, -0.25) is 14.5 Å². The van der Waals surface area contributed by atoms with Gasteiger partial charge in [0, 0.05) is 73.8 Å². The average molecular weight is 778 g/mol. The Kier molecular flexibility index (Phi) is 13.6. The summed E-state index contributed by atoms with van der Waals surface area (Å²) in [6, 6.07) is 17.5. The minimum Gasteiger partial charge on any atom is -1.00 e. The van der Waals surface area contributed by atoms with Crippen LogP contribution in [0.3, 0.4) is 0 Å². The van der Waals surface area contributed by atoms with Gasteiger partial charge in [0.1, 0.15) is 28.6 Å². The number of unbranched alkanes of at least 4 members (excludes halogenated alkanes) is 4. The Hall–Kier alpha value is -4.06. The lowest BCUT2D eigenvalue weighted by atomic mass is 10.1. The molecule has 0 aliphatic carbocycles. The molecule has 0 radical (unpaired) electrons. The number of carbonyl (C=O) groups is 1. The average Bonchev–Trinajstić information content (AvgIpc) is 3.14. The summed E-state index contributed by atoms with van der Waals surface area (Å²) in [5, 5.41) is 10.5. The monoisotopic (exact) mass is 776 g/mol. The van der Waals surface area contributed by atoms with Crippen molar-refractivity contribution in [3.63, 3.8) is 0 Å². The Balaban J connectivity index is 0.00000523. The van der Waals surface area contributed by atoms with Crippen molar-refractivity contribution < 1.29 is 45.6 Å². The number of nitrogens with zero attached hydrogens (tertiary/aromatic N) is 4. The number of hydrogen-bond donors (Lipinski definition) is 1. The van der Waals surface area contributed by atoms with Crippen molar-refractivity contribution in [1.82, 2.24) is 9.47 Å². The highest BCUT2D eigenvalue weighted by molar-refractivity contribution is 6.07. The standard InChI is InChI=1S/C41H52N4O6.BrH/c1-4-43(31-13-12-14-33(46)25-31)41(48)38-30-44(32-26-35(49-5-2)28-36(27-32)50-6-3)39-29-34(15-16-37(39)40(38)47)51-24-11-9-7-8-10-20-45-21-17-42(18-22-45)19-23-45;/h12-16,25-30H,4-11,17-24H2,1-3H3;1H. The van der Waals surface area contributed by atoms with E-state index in [9.17, 15) is 14.7 Å². The van der Waals surface area contributed by atoms with Crippen LogP contribution in [-0.2, 0) is 0 Å². The molecule has 3 fully saturated rings. The Labute approximate surface area is 317 Å². The fourth-order valence-electron chi connectivity index (χ4n) is 7.54. The molecule has 10 nitrogen and oxygen atoms in total. The number of phenolic OH excluding ortho intramolecular Hbond substituents is 1. The van der Waals surface area contributed by atoms with E-state index in [0.717, 1.165) is 12.8 Å². The van der Waals surface area contributed by atoms with Gasteiger partial charge in [-0.1, -0.05) is 18.9 Å². The number of phenols is 1. The summed E-state index contributed by atoms with van der Waals surface area (Å²) in [5.74, 6) is 1.47. The van der Waals surface area contributed by atoms with E-state index in [2.05, 4.69) is 4.90 Å². The molecule has 52 heavy (non-hydrogen) atoms. The van der Waals surface area contributed by atoms with Crippen molar-refractivity contribution in [2.45, 2.75) is 52.9 Å². The number of pyridine rings is 1. The molecule has 3 saturated heterocycles. The van der Waals surface area contributed by atoms with Crippen molar-refractivity contribution in [1.29, 1.82) is 0 Å². The second-order valence-corrected chi connectivity index (χ2v) is 13.7. The molecule has 0 saturated carbocycles. The maximum atomic E-state index is 14.1. The molecule has 1 aromatic heterocycles. The number of rotatable bonds is 17. The predicted molar refractivity (Wildman–Crippen MR) is 202 cm³/mol. The van der Waals surface area contributed by atoms with Crippen LogP contribution in [0.15, 0.2) is 71.7 Å². The number of carbonyl (C=O) groups excluding carboxylic acids is 1. The van der Waals surface area contributed by atoms with Crippen LogP contribution in [0.25, 0.3) is 16.6 Å². The first-order valence-electron chi connectivity index (χ1n) is 18.7. The smallest absolute Gasteiger partial charge is 0.263 e. The van der Waals surface area contributed by atoms with Gasteiger partial charge in [-0.05, 0) is 64.3 Å². The molecule has 280 valence electrons. The third-order valence-corrected chi connectivity index (χ3v) is 10.4. The topological polar surface area (TPSA) is 93.5 Å². The predicted octanol–water partition coefficient (Wildman–Crippen LogP) is 3.64. The largest absolute Gasteiger partial charge is 1.00 e. The van der Waals surface area contributed by atoms with E-state index < -0.39 is 5.91 Å². The van der Waals surface area contributed by atoms with Crippen LogP contribution in [0.5, 0.6) is 23.0 Å². The Bertz CT molecular complexity index is 1830. The highest BCUT2D eigenvalue weighted by Gasteiger charge is 2.37. The van der Waals surface area contributed by atoms with E-state index in [1.165, 1.54) is 80.5 Å². The van der Waals surface area contributed by atoms with E-state index in [-0.39, 0.29) is 33.7 Å². The van der Waals surface area contributed by atoms with Crippen LogP contribution in [-0.4, -0.2) is 97.1 Å². The van der Waals surface area contributed by atoms with Gasteiger partial charge in [0.2, 0.25) is 5.43 Å². The van der Waals surface area contributed by atoms with Gasteiger partial charge >= 0.3 is 0 Å². The van der Waals surface area contributed by atoms with E-state index >= 15 is 0 Å². The number of anilines is 1. The minimum absolute atomic E-state index is 0. The van der Waals surface area contributed by atoms with E-state index in [4.69, 9.17) is 14.2 Å². The molecular formula is C41H53BrN4O6. The molecular weight excluding hydrogens is 724 g/mol. The summed E-state index contributed by atoms with van der Waals surface area (Å²) < 4.78 is 21.2. The zero-order valence-electron chi connectivity index (χ0n) is 30.8. The fourth-order valence-corrected chi connectivity index (χ4v) is 7.54. The summed E-state index contributed by atoms with van der Waals surface area (Å²) in [6.45, 7) is 16.6. The first-order valence-corrected chi connectivity index (χ1v) is 18.7. The number of aromatic nitrogens is 1. The summed E-state index contributed by atoms with van der Waals surface area (Å²) in [6.07, 6.45) is 7.45. The van der Waals surface area contributed by atoms with Gasteiger partial charge in [0.15, 0.2) is 0 Å².